The number of rotatable bonds is 5. The number of nitrogens with two attached hydrogens (primary N) is 1. The predicted molar refractivity (Wildman–Crippen MR) is 77.7 cm³/mol. The lowest BCUT2D eigenvalue weighted by atomic mass is 10.1. The molecule has 0 saturated carbocycles. The van der Waals surface area contributed by atoms with Crippen molar-refractivity contribution < 1.29 is 9.18 Å². The van der Waals surface area contributed by atoms with E-state index in [1.54, 1.807) is 11.8 Å². The molecule has 19 heavy (non-hydrogen) atoms. The van der Waals surface area contributed by atoms with E-state index in [1.807, 2.05) is 6.26 Å². The van der Waals surface area contributed by atoms with Crippen LogP contribution in [0.4, 0.5) is 4.39 Å². The van der Waals surface area contributed by atoms with Gasteiger partial charge >= 0.3 is 0 Å². The van der Waals surface area contributed by atoms with E-state index in [2.05, 4.69) is 17.2 Å². The number of amides is 1. The van der Waals surface area contributed by atoms with E-state index in [9.17, 15) is 9.18 Å². The molecule has 0 bridgehead atoms. The molecule has 0 aromatic heterocycles. The normalized spacial score (nSPS) is 9.63. The van der Waals surface area contributed by atoms with Crippen LogP contribution in [0.1, 0.15) is 22.3 Å². The summed E-state index contributed by atoms with van der Waals surface area (Å²) in [6, 6.07) is 3.98. The minimum atomic E-state index is -0.451. The summed E-state index contributed by atoms with van der Waals surface area (Å²) in [7, 11) is 0. The molecule has 0 radical (unpaired) electrons. The van der Waals surface area contributed by atoms with Crippen molar-refractivity contribution >= 4 is 17.7 Å². The van der Waals surface area contributed by atoms with E-state index < -0.39 is 5.82 Å². The maximum atomic E-state index is 13.2. The lowest BCUT2D eigenvalue weighted by Crippen LogP contribution is -2.25. The third-order valence-electron chi connectivity index (χ3n) is 2.36. The number of carbonyl (C=O) groups is 1. The van der Waals surface area contributed by atoms with Crippen LogP contribution in [-0.4, -0.2) is 31.0 Å². The van der Waals surface area contributed by atoms with Gasteiger partial charge in [0.05, 0.1) is 12.1 Å². The molecule has 0 fully saturated rings. The first-order valence-corrected chi connectivity index (χ1v) is 7.34. The number of hydrogen-bond donors (Lipinski definition) is 2. The first-order valence-electron chi connectivity index (χ1n) is 5.94. The van der Waals surface area contributed by atoms with Gasteiger partial charge in [-0.15, -0.1) is 0 Å². The molecule has 1 amide bonds. The second-order valence-corrected chi connectivity index (χ2v) is 4.78. The molecule has 0 spiro atoms. The topological polar surface area (TPSA) is 55.1 Å². The highest BCUT2D eigenvalue weighted by molar-refractivity contribution is 7.98. The van der Waals surface area contributed by atoms with Gasteiger partial charge in [-0.25, -0.2) is 4.39 Å². The van der Waals surface area contributed by atoms with Crippen molar-refractivity contribution in [1.29, 1.82) is 0 Å². The third kappa shape index (κ3) is 5.33. The Morgan fingerprint density at radius 1 is 1.53 bits per heavy atom. The summed E-state index contributed by atoms with van der Waals surface area (Å²) in [5.41, 5.74) is 6.04. The fraction of sp³-hybridized carbons (Fsp3) is 0.357. The molecule has 0 heterocycles. The quantitative estimate of drug-likeness (QED) is 0.636. The zero-order valence-electron chi connectivity index (χ0n) is 10.8. The van der Waals surface area contributed by atoms with Gasteiger partial charge in [0, 0.05) is 12.1 Å². The molecule has 0 aliphatic heterocycles. The first kappa shape index (κ1) is 15.5. The van der Waals surface area contributed by atoms with Crippen LogP contribution in [-0.2, 0) is 0 Å². The van der Waals surface area contributed by atoms with Gasteiger partial charge in [0.1, 0.15) is 5.82 Å². The van der Waals surface area contributed by atoms with Crippen LogP contribution in [0.2, 0.25) is 0 Å². The standard InChI is InChI=1S/C14H17FN2OS/c1-19-9-3-8-17-14(18)13-10-12(15)6-5-11(13)4-2-7-16/h5-6,10H,3,7-9,16H2,1H3,(H,17,18). The summed E-state index contributed by atoms with van der Waals surface area (Å²) in [4.78, 5) is 12.0. The van der Waals surface area contributed by atoms with Crippen molar-refractivity contribution in [2.45, 2.75) is 6.42 Å². The molecule has 0 aliphatic rings. The Bertz CT molecular complexity index is 494. The number of carbonyl (C=O) groups excluding carboxylic acids is 1. The average Bonchev–Trinajstić information content (AvgIpc) is 2.42. The molecule has 0 saturated heterocycles. The zero-order valence-corrected chi connectivity index (χ0v) is 11.6. The van der Waals surface area contributed by atoms with E-state index in [4.69, 9.17) is 5.73 Å². The van der Waals surface area contributed by atoms with Crippen LogP contribution in [0.15, 0.2) is 18.2 Å². The Hall–Kier alpha value is -1.51. The highest BCUT2D eigenvalue weighted by atomic mass is 32.2. The van der Waals surface area contributed by atoms with Gasteiger partial charge in [0.15, 0.2) is 0 Å². The lowest BCUT2D eigenvalue weighted by Gasteiger charge is -2.07. The average molecular weight is 280 g/mol. The lowest BCUT2D eigenvalue weighted by molar-refractivity contribution is 0.0953. The van der Waals surface area contributed by atoms with Crippen LogP contribution in [0.3, 0.4) is 0 Å². The molecule has 3 N–H and O–H groups in total. The van der Waals surface area contributed by atoms with E-state index >= 15 is 0 Å². The van der Waals surface area contributed by atoms with Crippen LogP contribution in [0.25, 0.3) is 0 Å². The summed E-state index contributed by atoms with van der Waals surface area (Å²) in [6.45, 7) is 0.770. The van der Waals surface area contributed by atoms with Gasteiger partial charge in [-0.2, -0.15) is 11.8 Å². The Morgan fingerprint density at radius 3 is 3.00 bits per heavy atom. The second-order valence-electron chi connectivity index (χ2n) is 3.80. The number of benzene rings is 1. The van der Waals surface area contributed by atoms with Crippen molar-refractivity contribution in [3.63, 3.8) is 0 Å². The van der Waals surface area contributed by atoms with E-state index in [1.165, 1.54) is 18.2 Å². The maximum Gasteiger partial charge on any atom is 0.252 e. The van der Waals surface area contributed by atoms with Crippen molar-refractivity contribution in [2.24, 2.45) is 5.73 Å². The summed E-state index contributed by atoms with van der Waals surface area (Å²) in [5, 5.41) is 2.76. The number of hydrogen-bond acceptors (Lipinski definition) is 3. The Kier molecular flexibility index (Phi) is 7.01. The van der Waals surface area contributed by atoms with Crippen molar-refractivity contribution in [3.05, 3.63) is 35.1 Å². The van der Waals surface area contributed by atoms with Gasteiger partial charge in [-0.1, -0.05) is 11.8 Å². The third-order valence-corrected chi connectivity index (χ3v) is 3.06. The molecule has 5 heteroatoms. The van der Waals surface area contributed by atoms with Crippen LogP contribution >= 0.6 is 11.8 Å². The summed E-state index contributed by atoms with van der Waals surface area (Å²) < 4.78 is 13.2. The largest absolute Gasteiger partial charge is 0.352 e. The van der Waals surface area contributed by atoms with E-state index in [-0.39, 0.29) is 18.0 Å². The fourth-order valence-corrected chi connectivity index (χ4v) is 1.91. The summed E-state index contributed by atoms with van der Waals surface area (Å²) in [6.07, 6.45) is 2.89. The Balaban J connectivity index is 2.79. The monoisotopic (exact) mass is 280 g/mol. The summed E-state index contributed by atoms with van der Waals surface area (Å²) in [5.74, 6) is 5.66. The molecule has 1 aromatic rings. The Labute approximate surface area is 117 Å². The Morgan fingerprint density at radius 2 is 2.32 bits per heavy atom. The van der Waals surface area contributed by atoms with Gasteiger partial charge in [0.25, 0.3) is 5.91 Å². The minimum absolute atomic E-state index is 0.201. The predicted octanol–water partition coefficient (Wildman–Crippen LogP) is 1.62. The van der Waals surface area contributed by atoms with Crippen molar-refractivity contribution in [2.75, 3.05) is 25.1 Å². The first-order chi connectivity index (χ1) is 9.19. The molecular weight excluding hydrogens is 263 g/mol. The number of nitrogens with one attached hydrogen (secondary N) is 1. The van der Waals surface area contributed by atoms with Crippen molar-refractivity contribution in [3.8, 4) is 11.8 Å². The SMILES string of the molecule is CSCCCNC(=O)c1cc(F)ccc1C#CCN. The van der Waals surface area contributed by atoms with E-state index in [0.717, 1.165) is 12.2 Å². The maximum absolute atomic E-state index is 13.2. The molecule has 0 atom stereocenters. The highest BCUT2D eigenvalue weighted by Gasteiger charge is 2.10. The second kappa shape index (κ2) is 8.57. The van der Waals surface area contributed by atoms with Crippen LogP contribution in [0, 0.1) is 17.7 Å². The highest BCUT2D eigenvalue weighted by Crippen LogP contribution is 2.10. The van der Waals surface area contributed by atoms with Crippen LogP contribution < -0.4 is 11.1 Å². The van der Waals surface area contributed by atoms with Crippen LogP contribution in [0.5, 0.6) is 0 Å². The zero-order chi connectivity index (χ0) is 14.1. The number of halogens is 1. The molecule has 1 aromatic carbocycles. The smallest absolute Gasteiger partial charge is 0.252 e. The number of thioether (sulfide) groups is 1. The molecular formula is C14H17FN2OS. The van der Waals surface area contributed by atoms with Gasteiger partial charge < -0.3 is 11.1 Å². The van der Waals surface area contributed by atoms with E-state index in [0.29, 0.717) is 12.1 Å². The van der Waals surface area contributed by atoms with Gasteiger partial charge in [-0.3, -0.25) is 4.79 Å². The summed E-state index contributed by atoms with van der Waals surface area (Å²) >= 11 is 1.72. The fourth-order valence-electron chi connectivity index (χ4n) is 1.47. The van der Waals surface area contributed by atoms with Gasteiger partial charge in [-0.05, 0) is 36.6 Å². The van der Waals surface area contributed by atoms with Gasteiger partial charge in [0.2, 0.25) is 0 Å². The minimum Gasteiger partial charge on any atom is -0.352 e. The van der Waals surface area contributed by atoms with Crippen molar-refractivity contribution in [1.82, 2.24) is 5.32 Å². The molecule has 1 rings (SSSR count). The molecule has 0 unspecified atom stereocenters. The molecule has 0 aliphatic carbocycles. The molecule has 3 nitrogen and oxygen atoms in total. The molecule has 102 valence electrons.